The van der Waals surface area contributed by atoms with Crippen LogP contribution in [0.1, 0.15) is 5.56 Å². The van der Waals surface area contributed by atoms with E-state index in [2.05, 4.69) is 33.2 Å². The molecule has 0 unspecified atom stereocenters. The van der Waals surface area contributed by atoms with Crippen molar-refractivity contribution in [3.63, 3.8) is 0 Å². The van der Waals surface area contributed by atoms with Gasteiger partial charge in [-0.3, -0.25) is 0 Å². The Bertz CT molecular complexity index is 436. The number of rotatable bonds is 2. The molecule has 0 saturated heterocycles. The van der Waals surface area contributed by atoms with Crippen molar-refractivity contribution in [3.8, 4) is 0 Å². The fourth-order valence-corrected chi connectivity index (χ4v) is 1.77. The van der Waals surface area contributed by atoms with Crippen LogP contribution in [0.3, 0.4) is 0 Å². The summed E-state index contributed by atoms with van der Waals surface area (Å²) in [7, 11) is 1.96. The first-order chi connectivity index (χ1) is 6.74. The topological polar surface area (TPSA) is 21.7 Å². The number of halogens is 1. The van der Waals surface area contributed by atoms with Gasteiger partial charge in [-0.15, -0.1) is 4.68 Å². The molecule has 0 aliphatic heterocycles. The molecule has 0 aliphatic rings. The maximum atomic E-state index is 4.21. The zero-order chi connectivity index (χ0) is 9.97. The molecule has 1 heterocycles. The van der Waals surface area contributed by atoms with Crippen LogP contribution < -0.4 is 4.57 Å². The number of hydrogen-bond donors (Lipinski definition) is 0. The van der Waals surface area contributed by atoms with Crippen LogP contribution in [0.15, 0.2) is 41.4 Å². The van der Waals surface area contributed by atoms with Gasteiger partial charge in [0.1, 0.15) is 6.54 Å². The summed E-state index contributed by atoms with van der Waals surface area (Å²) in [5.74, 6) is 0. The number of hydrogen-bond acceptors (Lipinski definition) is 1. The third kappa shape index (κ3) is 2.20. The van der Waals surface area contributed by atoms with E-state index in [4.69, 9.17) is 0 Å². The second-order valence-electron chi connectivity index (χ2n) is 3.24. The second-order valence-corrected chi connectivity index (χ2v) is 4.16. The maximum absolute atomic E-state index is 4.21. The van der Waals surface area contributed by atoms with Gasteiger partial charge in [0, 0.05) is 9.57 Å². The van der Waals surface area contributed by atoms with E-state index in [0.717, 1.165) is 11.0 Å². The van der Waals surface area contributed by atoms with Crippen molar-refractivity contribution < 1.29 is 4.57 Å². The molecule has 0 spiro atoms. The van der Waals surface area contributed by atoms with Gasteiger partial charge in [0.2, 0.25) is 6.33 Å². The van der Waals surface area contributed by atoms with Crippen molar-refractivity contribution in [2.24, 2.45) is 7.05 Å². The van der Waals surface area contributed by atoms with E-state index < -0.39 is 0 Å². The molecule has 0 N–H and O–H groups in total. The summed E-state index contributed by atoms with van der Waals surface area (Å²) in [5.41, 5.74) is 1.24. The average Bonchev–Trinajstić information content (AvgIpc) is 2.51. The predicted octanol–water partition coefficient (Wildman–Crippen LogP) is 1.52. The van der Waals surface area contributed by atoms with E-state index in [1.165, 1.54) is 5.56 Å². The normalized spacial score (nSPS) is 10.4. The molecule has 1 aromatic carbocycles. The van der Waals surface area contributed by atoms with E-state index in [-0.39, 0.29) is 0 Å². The highest BCUT2D eigenvalue weighted by atomic mass is 79.9. The molecule has 0 atom stereocenters. The highest BCUT2D eigenvalue weighted by Crippen LogP contribution is 2.11. The Labute approximate surface area is 91.1 Å². The number of benzene rings is 1. The standard InChI is InChI=1S/C10H11BrN3/c1-13-7-12-14(8-13)6-9-3-2-4-10(11)5-9/h2-5,7-8H,6H2,1H3/q+1. The van der Waals surface area contributed by atoms with Gasteiger partial charge in [0.05, 0.1) is 7.05 Å². The molecule has 72 valence electrons. The fourth-order valence-electron chi connectivity index (χ4n) is 1.32. The summed E-state index contributed by atoms with van der Waals surface area (Å²) >= 11 is 3.45. The Morgan fingerprint density at radius 2 is 2.36 bits per heavy atom. The lowest BCUT2D eigenvalue weighted by atomic mass is 10.2. The Morgan fingerprint density at radius 3 is 3.00 bits per heavy atom. The van der Waals surface area contributed by atoms with Crippen molar-refractivity contribution in [3.05, 3.63) is 47.0 Å². The molecular weight excluding hydrogens is 242 g/mol. The van der Waals surface area contributed by atoms with Crippen LogP contribution in [-0.2, 0) is 13.6 Å². The van der Waals surface area contributed by atoms with Gasteiger partial charge in [-0.05, 0) is 17.7 Å². The van der Waals surface area contributed by atoms with Gasteiger partial charge >= 0.3 is 0 Å². The molecular formula is C10H11BrN3+. The lowest BCUT2D eigenvalue weighted by molar-refractivity contribution is -0.672. The number of aromatic nitrogens is 3. The molecule has 4 heteroatoms. The second kappa shape index (κ2) is 3.92. The first kappa shape index (κ1) is 9.40. The van der Waals surface area contributed by atoms with Gasteiger partial charge in [0.15, 0.2) is 0 Å². The Morgan fingerprint density at radius 1 is 1.50 bits per heavy atom. The van der Waals surface area contributed by atoms with E-state index >= 15 is 0 Å². The van der Waals surface area contributed by atoms with Crippen molar-refractivity contribution in [2.45, 2.75) is 6.54 Å². The Hall–Kier alpha value is -1.16. The van der Waals surface area contributed by atoms with E-state index in [1.54, 1.807) is 6.33 Å². The highest BCUT2D eigenvalue weighted by molar-refractivity contribution is 9.10. The summed E-state index contributed by atoms with van der Waals surface area (Å²) in [6.07, 6.45) is 3.75. The molecule has 2 rings (SSSR count). The molecule has 0 radical (unpaired) electrons. The van der Waals surface area contributed by atoms with Crippen molar-refractivity contribution in [1.82, 2.24) is 9.78 Å². The minimum atomic E-state index is 0.806. The van der Waals surface area contributed by atoms with Crippen molar-refractivity contribution in [2.75, 3.05) is 0 Å². The van der Waals surface area contributed by atoms with E-state index in [9.17, 15) is 0 Å². The van der Waals surface area contributed by atoms with Gasteiger partial charge < -0.3 is 0 Å². The molecule has 2 aromatic rings. The molecule has 0 bridgehead atoms. The summed E-state index contributed by atoms with van der Waals surface area (Å²) in [6, 6.07) is 8.24. The van der Waals surface area contributed by atoms with Gasteiger partial charge in [-0.1, -0.05) is 28.1 Å². The van der Waals surface area contributed by atoms with Crippen LogP contribution in [0.4, 0.5) is 0 Å². The van der Waals surface area contributed by atoms with Crippen molar-refractivity contribution >= 4 is 15.9 Å². The lowest BCUT2D eigenvalue weighted by Gasteiger charge is -1.96. The third-order valence-electron chi connectivity index (χ3n) is 1.93. The molecule has 3 nitrogen and oxygen atoms in total. The smallest absolute Gasteiger partial charge is 0.240 e. The number of aryl methyl sites for hydroxylation is 1. The van der Waals surface area contributed by atoms with Crippen LogP contribution in [0.2, 0.25) is 0 Å². The average molecular weight is 253 g/mol. The number of nitrogens with zero attached hydrogens (tertiary/aromatic N) is 3. The zero-order valence-electron chi connectivity index (χ0n) is 7.89. The van der Waals surface area contributed by atoms with E-state index in [0.29, 0.717) is 0 Å². The summed E-state index contributed by atoms with van der Waals surface area (Å²) in [5, 5.41) is 4.21. The summed E-state index contributed by atoms with van der Waals surface area (Å²) in [4.78, 5) is 0. The van der Waals surface area contributed by atoms with Gasteiger partial charge in [-0.25, -0.2) is 4.57 Å². The Balaban J connectivity index is 2.18. The monoisotopic (exact) mass is 252 g/mol. The molecule has 0 aliphatic carbocycles. The van der Waals surface area contributed by atoms with E-state index in [1.807, 2.05) is 34.8 Å². The highest BCUT2D eigenvalue weighted by Gasteiger charge is 2.03. The minimum absolute atomic E-state index is 0.806. The van der Waals surface area contributed by atoms with Crippen LogP contribution >= 0.6 is 15.9 Å². The molecule has 0 saturated carbocycles. The van der Waals surface area contributed by atoms with Crippen LogP contribution in [0, 0.1) is 0 Å². The summed E-state index contributed by atoms with van der Waals surface area (Å²) in [6.45, 7) is 0.806. The Kier molecular flexibility index (Phi) is 2.63. The molecule has 14 heavy (non-hydrogen) atoms. The molecule has 0 fully saturated rings. The van der Waals surface area contributed by atoms with Crippen LogP contribution in [0.5, 0.6) is 0 Å². The zero-order valence-corrected chi connectivity index (χ0v) is 9.48. The quantitative estimate of drug-likeness (QED) is 0.743. The molecule has 1 aromatic heterocycles. The fraction of sp³-hybridized carbons (Fsp3) is 0.200. The minimum Gasteiger partial charge on any atom is -0.240 e. The molecule has 0 amide bonds. The van der Waals surface area contributed by atoms with Crippen LogP contribution in [-0.4, -0.2) is 9.78 Å². The third-order valence-corrected chi connectivity index (χ3v) is 2.42. The van der Waals surface area contributed by atoms with Crippen LogP contribution in [0.25, 0.3) is 0 Å². The van der Waals surface area contributed by atoms with Crippen molar-refractivity contribution in [1.29, 1.82) is 0 Å². The van der Waals surface area contributed by atoms with Gasteiger partial charge in [-0.2, -0.15) is 0 Å². The van der Waals surface area contributed by atoms with Gasteiger partial charge in [0.25, 0.3) is 6.33 Å². The first-order valence-electron chi connectivity index (χ1n) is 4.36. The predicted molar refractivity (Wildman–Crippen MR) is 56.6 cm³/mol. The largest absolute Gasteiger partial charge is 0.264 e. The summed E-state index contributed by atoms with van der Waals surface area (Å²) < 4.78 is 4.94. The SMILES string of the molecule is C[n+]1cnn(Cc2cccc(Br)c2)c1. The maximum Gasteiger partial charge on any atom is 0.264 e. The lowest BCUT2D eigenvalue weighted by Crippen LogP contribution is -2.23. The first-order valence-corrected chi connectivity index (χ1v) is 5.15.